The number of carbonyl (C=O) groups excluding carboxylic acids is 1. The fraction of sp³-hybridized carbons (Fsp3) is 0.308. The number of nitrogens with zero attached hydrogens (tertiary/aromatic N) is 2. The van der Waals surface area contributed by atoms with Crippen molar-refractivity contribution >= 4 is 11.7 Å². The van der Waals surface area contributed by atoms with E-state index in [1.54, 1.807) is 6.92 Å². The molecule has 1 N–H and O–H groups in total. The van der Waals surface area contributed by atoms with E-state index in [1.165, 1.54) is 12.1 Å². The Morgan fingerprint density at radius 3 is 2.70 bits per heavy atom. The van der Waals surface area contributed by atoms with Gasteiger partial charge >= 0.3 is 12.3 Å². The summed E-state index contributed by atoms with van der Waals surface area (Å²) in [7, 11) is 0. The molecule has 2 rings (SSSR count). The molecule has 6 nitrogen and oxygen atoms in total. The van der Waals surface area contributed by atoms with Crippen molar-refractivity contribution in [2.75, 3.05) is 11.9 Å². The van der Waals surface area contributed by atoms with Crippen LogP contribution in [0.3, 0.4) is 0 Å². The van der Waals surface area contributed by atoms with Crippen LogP contribution in [-0.4, -0.2) is 35.0 Å². The zero-order chi connectivity index (χ0) is 17.0. The van der Waals surface area contributed by atoms with Crippen LogP contribution in [0, 0.1) is 6.92 Å². The van der Waals surface area contributed by atoms with Gasteiger partial charge in [-0.1, -0.05) is 5.16 Å². The zero-order valence-electron chi connectivity index (χ0n) is 11.7. The Hall–Kier alpha value is -2.65. The number of rotatable bonds is 6. The number of aromatic nitrogens is 2. The van der Waals surface area contributed by atoms with Gasteiger partial charge in [-0.3, -0.25) is 4.79 Å². The van der Waals surface area contributed by atoms with Crippen LogP contribution in [0.2, 0.25) is 0 Å². The van der Waals surface area contributed by atoms with Gasteiger partial charge < -0.3 is 14.6 Å². The second-order valence-electron chi connectivity index (χ2n) is 4.51. The average molecular weight is 333 g/mol. The smallest absolute Gasteiger partial charge is 0.340 e. The third kappa shape index (κ3) is 4.41. The summed E-state index contributed by atoms with van der Waals surface area (Å²) in [5, 5.41) is 5.99. The van der Waals surface area contributed by atoms with Crippen molar-refractivity contribution in [3.63, 3.8) is 0 Å². The predicted molar refractivity (Wildman–Crippen MR) is 69.9 cm³/mol. The molecule has 0 aliphatic heterocycles. The lowest BCUT2D eigenvalue weighted by atomic mass is 10.2. The Bertz CT molecular complexity index is 673. The molecule has 23 heavy (non-hydrogen) atoms. The lowest BCUT2D eigenvalue weighted by molar-refractivity contribution is -0.148. The second kappa shape index (κ2) is 6.63. The molecule has 0 bridgehead atoms. The molecule has 124 valence electrons. The fourth-order valence-corrected chi connectivity index (χ4v) is 1.45. The Balaban J connectivity index is 1.95. The summed E-state index contributed by atoms with van der Waals surface area (Å²) in [5.41, 5.74) is 0.0959. The highest BCUT2D eigenvalue weighted by Crippen LogP contribution is 2.23. The topological polar surface area (TPSA) is 77.2 Å². The van der Waals surface area contributed by atoms with Gasteiger partial charge in [0.1, 0.15) is 5.76 Å². The van der Waals surface area contributed by atoms with E-state index in [0.717, 1.165) is 12.3 Å². The Kier molecular flexibility index (Phi) is 4.82. The van der Waals surface area contributed by atoms with Crippen LogP contribution in [0.5, 0.6) is 5.88 Å². The molecule has 0 saturated carbocycles. The summed E-state index contributed by atoms with van der Waals surface area (Å²) in [6.07, 6.45) is -2.78. The molecule has 2 aromatic rings. The molecular formula is C13H11F4N3O3. The first-order valence-corrected chi connectivity index (χ1v) is 6.27. The molecule has 0 aliphatic carbocycles. The molecule has 2 heterocycles. The quantitative estimate of drug-likeness (QED) is 0.823. The molecule has 0 aromatic carbocycles. The largest absolute Gasteiger partial charge is 0.471 e. The monoisotopic (exact) mass is 333 g/mol. The van der Waals surface area contributed by atoms with E-state index in [1.807, 2.05) is 0 Å². The number of ether oxygens (including phenoxy) is 1. The number of alkyl halides is 4. The molecule has 2 aromatic heterocycles. The van der Waals surface area contributed by atoms with Crippen molar-refractivity contribution in [2.45, 2.75) is 19.3 Å². The number of aryl methyl sites for hydroxylation is 1. The fourth-order valence-electron chi connectivity index (χ4n) is 1.45. The van der Waals surface area contributed by atoms with E-state index in [2.05, 4.69) is 20.2 Å². The molecule has 0 unspecified atom stereocenters. The maximum absolute atomic E-state index is 12.7. The van der Waals surface area contributed by atoms with Crippen molar-refractivity contribution < 1.29 is 31.6 Å². The minimum atomic E-state index is -4.28. The highest BCUT2D eigenvalue weighted by Gasteiger charge is 2.41. The van der Waals surface area contributed by atoms with Crippen LogP contribution in [-0.2, 0) is 0 Å². The predicted octanol–water partition coefficient (Wildman–Crippen LogP) is 2.91. The minimum absolute atomic E-state index is 0.0959. The normalized spacial score (nSPS) is 11.6. The van der Waals surface area contributed by atoms with Crippen LogP contribution in [0.1, 0.15) is 16.1 Å². The van der Waals surface area contributed by atoms with Gasteiger partial charge in [-0.05, 0) is 13.0 Å². The van der Waals surface area contributed by atoms with E-state index < -0.39 is 24.9 Å². The Morgan fingerprint density at radius 1 is 1.43 bits per heavy atom. The first-order chi connectivity index (χ1) is 10.8. The number of nitrogens with one attached hydrogen (secondary N) is 1. The maximum atomic E-state index is 12.7. The molecule has 0 fully saturated rings. The van der Waals surface area contributed by atoms with Gasteiger partial charge in [0.25, 0.3) is 5.91 Å². The van der Waals surface area contributed by atoms with Gasteiger partial charge in [-0.15, -0.1) is 0 Å². The van der Waals surface area contributed by atoms with Gasteiger partial charge in [-0.2, -0.15) is 8.78 Å². The highest BCUT2D eigenvalue weighted by atomic mass is 19.3. The van der Waals surface area contributed by atoms with Gasteiger partial charge in [0, 0.05) is 18.3 Å². The van der Waals surface area contributed by atoms with Gasteiger partial charge in [0.05, 0.1) is 5.56 Å². The van der Waals surface area contributed by atoms with Gasteiger partial charge in [0.15, 0.2) is 12.4 Å². The van der Waals surface area contributed by atoms with E-state index in [9.17, 15) is 22.4 Å². The highest BCUT2D eigenvalue weighted by molar-refractivity contribution is 6.03. The Labute approximate surface area is 127 Å². The summed E-state index contributed by atoms with van der Waals surface area (Å²) in [6, 6.07) is 3.85. The van der Waals surface area contributed by atoms with Crippen LogP contribution < -0.4 is 10.1 Å². The SMILES string of the molecule is Cc1cc(NC(=O)c2ccc(OCC(F)(F)C(F)F)nc2)no1. The van der Waals surface area contributed by atoms with Crippen LogP contribution >= 0.6 is 0 Å². The molecule has 1 amide bonds. The molecule has 10 heteroatoms. The van der Waals surface area contributed by atoms with Crippen molar-refractivity contribution in [1.82, 2.24) is 10.1 Å². The molecule has 0 saturated heterocycles. The lowest BCUT2D eigenvalue weighted by Crippen LogP contribution is -2.33. The number of carbonyl (C=O) groups is 1. The number of pyridine rings is 1. The van der Waals surface area contributed by atoms with Crippen molar-refractivity contribution in [3.8, 4) is 5.88 Å². The van der Waals surface area contributed by atoms with E-state index in [4.69, 9.17) is 4.52 Å². The molecule has 0 aliphatic rings. The zero-order valence-corrected chi connectivity index (χ0v) is 11.7. The number of hydrogen-bond donors (Lipinski definition) is 1. The molecule has 0 atom stereocenters. The number of anilines is 1. The van der Waals surface area contributed by atoms with E-state index >= 15 is 0 Å². The minimum Gasteiger partial charge on any atom is -0.471 e. The van der Waals surface area contributed by atoms with E-state index in [-0.39, 0.29) is 17.3 Å². The maximum Gasteiger partial charge on any atom is 0.340 e. The first kappa shape index (κ1) is 16.7. The van der Waals surface area contributed by atoms with Gasteiger partial charge in [-0.25, -0.2) is 13.8 Å². The second-order valence-corrected chi connectivity index (χ2v) is 4.51. The van der Waals surface area contributed by atoms with Crippen LogP contribution in [0.4, 0.5) is 23.4 Å². The first-order valence-electron chi connectivity index (χ1n) is 6.27. The third-order valence-corrected chi connectivity index (χ3v) is 2.60. The third-order valence-electron chi connectivity index (χ3n) is 2.60. The number of amides is 1. The summed E-state index contributed by atoms with van der Waals surface area (Å²) in [6.45, 7) is 0.132. The summed E-state index contributed by atoms with van der Waals surface area (Å²) >= 11 is 0. The van der Waals surface area contributed by atoms with Crippen molar-refractivity contribution in [1.29, 1.82) is 0 Å². The lowest BCUT2D eigenvalue weighted by Gasteiger charge is -2.15. The molecule has 0 spiro atoms. The van der Waals surface area contributed by atoms with E-state index in [0.29, 0.717) is 5.76 Å². The van der Waals surface area contributed by atoms with Crippen molar-refractivity contribution in [3.05, 3.63) is 35.7 Å². The number of hydrogen-bond acceptors (Lipinski definition) is 5. The summed E-state index contributed by atoms with van der Waals surface area (Å²) in [5.74, 6) is -4.44. The summed E-state index contributed by atoms with van der Waals surface area (Å²) in [4.78, 5) is 15.5. The standard InChI is InChI=1S/C13H11F4N3O3/c1-7-4-9(20-23-7)19-11(21)8-2-3-10(18-5-8)22-6-13(16,17)12(14)15/h2-5,12H,6H2,1H3,(H,19,20,21). The van der Waals surface area contributed by atoms with Crippen LogP contribution in [0.25, 0.3) is 0 Å². The number of halogens is 4. The van der Waals surface area contributed by atoms with Gasteiger partial charge in [0.2, 0.25) is 5.88 Å². The van der Waals surface area contributed by atoms with Crippen LogP contribution in [0.15, 0.2) is 28.9 Å². The Morgan fingerprint density at radius 2 is 2.17 bits per heavy atom. The average Bonchev–Trinajstić information content (AvgIpc) is 2.90. The molecule has 0 radical (unpaired) electrons. The van der Waals surface area contributed by atoms with Crippen molar-refractivity contribution in [2.24, 2.45) is 0 Å². The molecular weight excluding hydrogens is 322 g/mol. The summed E-state index contributed by atoms with van der Waals surface area (Å²) < 4.78 is 58.6.